The number of hydrogen-bond acceptors (Lipinski definition) is 8. The third-order valence-electron chi connectivity index (χ3n) is 2.41. The second-order valence-electron chi connectivity index (χ2n) is 3.67. The standard InChI is InChI=1S/C8H10N10/c1-3(5-15-17-18-16-5)12-7-4-6(11-2-10-4)13-8(9)14-7/h2-3H,1H3,(H,15,16,17,18)(H4,9,10,11,12,13,14). The minimum Gasteiger partial charge on any atom is -0.368 e. The molecule has 3 heterocycles. The normalized spacial score (nSPS) is 12.7. The van der Waals surface area contributed by atoms with Crippen LogP contribution in [0.5, 0.6) is 0 Å². The van der Waals surface area contributed by atoms with Crippen LogP contribution in [-0.4, -0.2) is 40.6 Å². The molecule has 10 nitrogen and oxygen atoms in total. The summed E-state index contributed by atoms with van der Waals surface area (Å²) >= 11 is 0. The number of nitrogens with two attached hydrogens (primary N) is 1. The summed E-state index contributed by atoms with van der Waals surface area (Å²) in [7, 11) is 0. The number of rotatable bonds is 3. The van der Waals surface area contributed by atoms with Crippen LogP contribution in [0.4, 0.5) is 11.8 Å². The van der Waals surface area contributed by atoms with Crippen molar-refractivity contribution in [3.8, 4) is 0 Å². The second-order valence-corrected chi connectivity index (χ2v) is 3.67. The third-order valence-corrected chi connectivity index (χ3v) is 2.41. The molecule has 3 aromatic heterocycles. The first-order chi connectivity index (χ1) is 8.74. The Labute approximate surface area is 100 Å². The summed E-state index contributed by atoms with van der Waals surface area (Å²) in [5.74, 6) is 1.23. The fourth-order valence-electron chi connectivity index (χ4n) is 1.58. The summed E-state index contributed by atoms with van der Waals surface area (Å²) in [4.78, 5) is 15.1. The lowest BCUT2D eigenvalue weighted by atomic mass is 10.3. The minimum atomic E-state index is -0.176. The van der Waals surface area contributed by atoms with E-state index >= 15 is 0 Å². The molecule has 0 saturated heterocycles. The zero-order chi connectivity index (χ0) is 12.5. The number of nitrogen functional groups attached to an aromatic ring is 1. The summed E-state index contributed by atoms with van der Waals surface area (Å²) in [6.45, 7) is 1.88. The number of aromatic amines is 2. The van der Waals surface area contributed by atoms with E-state index in [-0.39, 0.29) is 12.0 Å². The van der Waals surface area contributed by atoms with Gasteiger partial charge in [-0.2, -0.15) is 15.2 Å². The van der Waals surface area contributed by atoms with Gasteiger partial charge in [0.2, 0.25) is 5.95 Å². The number of imidazole rings is 1. The maximum atomic E-state index is 5.61. The topological polar surface area (TPSA) is 147 Å². The van der Waals surface area contributed by atoms with E-state index < -0.39 is 0 Å². The van der Waals surface area contributed by atoms with Gasteiger partial charge in [0.1, 0.15) is 5.52 Å². The molecule has 3 aromatic rings. The van der Waals surface area contributed by atoms with Gasteiger partial charge >= 0.3 is 0 Å². The maximum absolute atomic E-state index is 5.61. The third kappa shape index (κ3) is 1.69. The Morgan fingerprint density at radius 1 is 1.39 bits per heavy atom. The molecule has 0 fully saturated rings. The van der Waals surface area contributed by atoms with Gasteiger partial charge in [-0.3, -0.25) is 0 Å². The lowest BCUT2D eigenvalue weighted by Gasteiger charge is -2.11. The summed E-state index contributed by atoms with van der Waals surface area (Å²) in [6, 6.07) is -0.176. The first kappa shape index (κ1) is 10.4. The van der Waals surface area contributed by atoms with Crippen LogP contribution in [0.1, 0.15) is 18.8 Å². The number of tetrazole rings is 1. The summed E-state index contributed by atoms with van der Waals surface area (Å²) < 4.78 is 0. The molecule has 0 aliphatic carbocycles. The summed E-state index contributed by atoms with van der Waals surface area (Å²) in [6.07, 6.45) is 1.53. The second kappa shape index (κ2) is 3.91. The lowest BCUT2D eigenvalue weighted by Crippen LogP contribution is -2.11. The van der Waals surface area contributed by atoms with Gasteiger partial charge in [-0.05, 0) is 6.92 Å². The van der Waals surface area contributed by atoms with Crippen molar-refractivity contribution in [3.05, 3.63) is 12.2 Å². The molecule has 10 heteroatoms. The van der Waals surface area contributed by atoms with E-state index in [9.17, 15) is 0 Å². The highest BCUT2D eigenvalue weighted by atomic mass is 15.5. The molecular formula is C8H10N10. The molecule has 18 heavy (non-hydrogen) atoms. The highest BCUT2D eigenvalue weighted by Gasteiger charge is 2.14. The Hall–Kier alpha value is -2.78. The van der Waals surface area contributed by atoms with Crippen LogP contribution in [0.25, 0.3) is 11.2 Å². The molecule has 5 N–H and O–H groups in total. The van der Waals surface area contributed by atoms with Crippen LogP contribution in [0.3, 0.4) is 0 Å². The van der Waals surface area contributed by atoms with Gasteiger partial charge < -0.3 is 16.0 Å². The summed E-state index contributed by atoms with van der Waals surface area (Å²) in [5.41, 5.74) is 6.80. The molecule has 0 spiro atoms. The van der Waals surface area contributed by atoms with Gasteiger partial charge in [-0.1, -0.05) is 5.21 Å². The molecule has 1 atom stereocenters. The molecule has 0 saturated carbocycles. The average molecular weight is 246 g/mol. The van der Waals surface area contributed by atoms with Gasteiger partial charge in [0.25, 0.3) is 0 Å². The number of aromatic nitrogens is 8. The molecule has 0 amide bonds. The van der Waals surface area contributed by atoms with Crippen LogP contribution >= 0.6 is 0 Å². The predicted octanol–water partition coefficient (Wildman–Crippen LogP) is -0.379. The molecule has 3 rings (SSSR count). The first-order valence-corrected chi connectivity index (χ1v) is 5.20. The van der Waals surface area contributed by atoms with E-state index in [0.29, 0.717) is 22.8 Å². The quantitative estimate of drug-likeness (QED) is 0.489. The molecule has 1 unspecified atom stereocenters. The Bertz CT molecular complexity index is 656. The zero-order valence-corrected chi connectivity index (χ0v) is 9.42. The zero-order valence-electron chi connectivity index (χ0n) is 9.42. The fraction of sp³-hybridized carbons (Fsp3) is 0.250. The molecule has 0 bridgehead atoms. The first-order valence-electron chi connectivity index (χ1n) is 5.20. The molecular weight excluding hydrogens is 236 g/mol. The molecule has 92 valence electrons. The van der Waals surface area contributed by atoms with Crippen LogP contribution in [0.2, 0.25) is 0 Å². The molecule has 0 aromatic carbocycles. The van der Waals surface area contributed by atoms with Crippen molar-refractivity contribution in [1.82, 2.24) is 40.6 Å². The van der Waals surface area contributed by atoms with E-state index in [1.165, 1.54) is 6.33 Å². The molecule has 0 aliphatic rings. The van der Waals surface area contributed by atoms with E-state index in [2.05, 4.69) is 45.9 Å². The van der Waals surface area contributed by atoms with Crippen molar-refractivity contribution in [2.24, 2.45) is 0 Å². The van der Waals surface area contributed by atoms with E-state index in [0.717, 1.165) is 0 Å². The maximum Gasteiger partial charge on any atom is 0.224 e. The Morgan fingerprint density at radius 3 is 3.06 bits per heavy atom. The van der Waals surface area contributed by atoms with Gasteiger partial charge in [0.15, 0.2) is 17.3 Å². The number of nitrogens with one attached hydrogen (secondary N) is 3. The van der Waals surface area contributed by atoms with Gasteiger partial charge in [0, 0.05) is 0 Å². The predicted molar refractivity (Wildman–Crippen MR) is 62.3 cm³/mol. The monoisotopic (exact) mass is 246 g/mol. The highest BCUT2D eigenvalue weighted by molar-refractivity contribution is 5.83. The van der Waals surface area contributed by atoms with E-state index in [1.807, 2.05) is 6.92 Å². The number of fused-ring (bicyclic) bond motifs is 1. The largest absolute Gasteiger partial charge is 0.368 e. The highest BCUT2D eigenvalue weighted by Crippen LogP contribution is 2.21. The fourth-order valence-corrected chi connectivity index (χ4v) is 1.58. The Kier molecular flexibility index (Phi) is 2.25. The number of anilines is 2. The van der Waals surface area contributed by atoms with Crippen LogP contribution in [0.15, 0.2) is 6.33 Å². The van der Waals surface area contributed by atoms with Crippen molar-refractivity contribution in [3.63, 3.8) is 0 Å². The van der Waals surface area contributed by atoms with Crippen LogP contribution < -0.4 is 11.1 Å². The van der Waals surface area contributed by atoms with Crippen molar-refractivity contribution < 1.29 is 0 Å². The van der Waals surface area contributed by atoms with Crippen molar-refractivity contribution in [2.45, 2.75) is 13.0 Å². The van der Waals surface area contributed by atoms with E-state index in [1.54, 1.807) is 0 Å². The van der Waals surface area contributed by atoms with Crippen LogP contribution in [0, 0.1) is 0 Å². The van der Waals surface area contributed by atoms with E-state index in [4.69, 9.17) is 5.73 Å². The number of H-pyrrole nitrogens is 2. The van der Waals surface area contributed by atoms with Crippen molar-refractivity contribution >= 4 is 22.9 Å². The molecule has 0 aliphatic heterocycles. The SMILES string of the molecule is CC(Nc1nc(N)nc2nc[nH]c12)c1nn[nH]n1. The van der Waals surface area contributed by atoms with Gasteiger partial charge in [-0.15, -0.1) is 10.2 Å². The average Bonchev–Trinajstić information content (AvgIpc) is 2.98. The minimum absolute atomic E-state index is 0.150. The number of hydrogen-bond donors (Lipinski definition) is 4. The molecule has 0 radical (unpaired) electrons. The Morgan fingerprint density at radius 2 is 2.28 bits per heavy atom. The van der Waals surface area contributed by atoms with Gasteiger partial charge in [0.05, 0.1) is 12.4 Å². The smallest absolute Gasteiger partial charge is 0.224 e. The Balaban J connectivity index is 1.97. The van der Waals surface area contributed by atoms with Crippen molar-refractivity contribution in [2.75, 3.05) is 11.1 Å². The van der Waals surface area contributed by atoms with Crippen LogP contribution in [-0.2, 0) is 0 Å². The van der Waals surface area contributed by atoms with Gasteiger partial charge in [-0.25, -0.2) is 4.98 Å². The lowest BCUT2D eigenvalue weighted by molar-refractivity contribution is 0.789. The van der Waals surface area contributed by atoms with Crippen molar-refractivity contribution in [1.29, 1.82) is 0 Å². The summed E-state index contributed by atoms with van der Waals surface area (Å²) in [5, 5.41) is 16.8. The number of nitrogens with zero attached hydrogens (tertiary/aromatic N) is 6.